The fourth-order valence-electron chi connectivity index (χ4n) is 1.28. The van der Waals surface area contributed by atoms with E-state index in [4.69, 9.17) is 9.47 Å². The Bertz CT molecular complexity index is 456. The molecule has 0 radical (unpaired) electrons. The van der Waals surface area contributed by atoms with Gasteiger partial charge in [-0.3, -0.25) is 0 Å². The zero-order valence-corrected chi connectivity index (χ0v) is 10.8. The van der Waals surface area contributed by atoms with E-state index in [0.29, 0.717) is 5.69 Å². The molecule has 0 saturated carbocycles. The van der Waals surface area contributed by atoms with Gasteiger partial charge in [0, 0.05) is 5.69 Å². The average molecular weight is 269 g/mol. The van der Waals surface area contributed by atoms with Crippen LogP contribution >= 0.6 is 0 Å². The minimum atomic E-state index is -0.752. The van der Waals surface area contributed by atoms with Crippen LogP contribution in [0.2, 0.25) is 0 Å². The van der Waals surface area contributed by atoms with Gasteiger partial charge in [0.25, 0.3) is 0 Å². The third kappa shape index (κ3) is 4.50. The van der Waals surface area contributed by atoms with Crippen molar-refractivity contribution in [1.82, 2.24) is 0 Å². The molecule has 5 nitrogen and oxygen atoms in total. The summed E-state index contributed by atoms with van der Waals surface area (Å²) in [6.07, 6.45) is 0. The fraction of sp³-hybridized carbons (Fsp3) is 0.308. The van der Waals surface area contributed by atoms with Crippen molar-refractivity contribution < 1.29 is 23.8 Å². The zero-order chi connectivity index (χ0) is 14.3. The van der Waals surface area contributed by atoms with Crippen LogP contribution in [0.5, 0.6) is 0 Å². The molecule has 0 aromatic heterocycles. The lowest BCUT2D eigenvalue weighted by molar-refractivity contribution is -0.139. The van der Waals surface area contributed by atoms with Gasteiger partial charge in [0.05, 0.1) is 13.2 Å². The highest BCUT2D eigenvalue weighted by Crippen LogP contribution is 2.14. The first-order chi connectivity index (χ1) is 9.08. The molecule has 104 valence electrons. The van der Waals surface area contributed by atoms with Gasteiger partial charge in [0.15, 0.2) is 0 Å². The maximum atomic E-state index is 12.8. The van der Waals surface area contributed by atoms with E-state index in [9.17, 15) is 14.3 Å². The third-order valence-corrected chi connectivity index (χ3v) is 2.09. The van der Waals surface area contributed by atoms with Gasteiger partial charge >= 0.3 is 11.9 Å². The van der Waals surface area contributed by atoms with Crippen LogP contribution in [0.3, 0.4) is 0 Å². The van der Waals surface area contributed by atoms with Gasteiger partial charge in [-0.1, -0.05) is 0 Å². The summed E-state index contributed by atoms with van der Waals surface area (Å²) in [7, 11) is 0. The van der Waals surface area contributed by atoms with E-state index < -0.39 is 17.7 Å². The predicted molar refractivity (Wildman–Crippen MR) is 67.9 cm³/mol. The third-order valence-electron chi connectivity index (χ3n) is 2.09. The Morgan fingerprint density at radius 2 is 1.79 bits per heavy atom. The maximum absolute atomic E-state index is 12.8. The molecule has 0 aliphatic carbocycles. The van der Waals surface area contributed by atoms with Crippen LogP contribution in [0.25, 0.3) is 0 Å². The molecule has 0 spiro atoms. The summed E-state index contributed by atoms with van der Waals surface area (Å²) in [5.41, 5.74) is 0.200. The second-order valence-corrected chi connectivity index (χ2v) is 3.47. The minimum Gasteiger partial charge on any atom is -0.479 e. The first-order valence-corrected chi connectivity index (χ1v) is 5.84. The van der Waals surface area contributed by atoms with Gasteiger partial charge in [-0.05, 0) is 38.1 Å². The average Bonchev–Trinajstić information content (AvgIpc) is 2.38. The second kappa shape index (κ2) is 7.25. The van der Waals surface area contributed by atoms with Gasteiger partial charge in [0.2, 0.25) is 5.70 Å². The monoisotopic (exact) mass is 269 g/mol. The van der Waals surface area contributed by atoms with Crippen LogP contribution in [-0.4, -0.2) is 24.3 Å². The summed E-state index contributed by atoms with van der Waals surface area (Å²) < 4.78 is 22.4. The summed E-state index contributed by atoms with van der Waals surface area (Å²) in [6, 6.07) is 5.30. The normalized spacial score (nSPS) is 11.5. The molecule has 0 unspecified atom stereocenters. The van der Waals surface area contributed by atoms with Gasteiger partial charge in [-0.15, -0.1) is 0 Å². The van der Waals surface area contributed by atoms with E-state index in [0.717, 1.165) is 0 Å². The zero-order valence-electron chi connectivity index (χ0n) is 10.8. The highest BCUT2D eigenvalue weighted by molar-refractivity contribution is 5.92. The molecule has 1 aromatic carbocycles. The maximum Gasteiger partial charge on any atom is 0.362 e. The Hall–Kier alpha value is -2.24. The SMILES string of the molecule is CCOC(=O)/C(Nc1ccc(F)cc1)=C(/O)OCC. The Morgan fingerprint density at radius 1 is 1.21 bits per heavy atom. The molecule has 0 atom stereocenters. The molecule has 0 heterocycles. The van der Waals surface area contributed by atoms with E-state index in [-0.39, 0.29) is 18.9 Å². The van der Waals surface area contributed by atoms with Crippen molar-refractivity contribution in [2.45, 2.75) is 13.8 Å². The number of nitrogens with one attached hydrogen (secondary N) is 1. The van der Waals surface area contributed by atoms with Crippen LogP contribution in [0.15, 0.2) is 35.9 Å². The number of carbonyl (C=O) groups excluding carboxylic acids is 1. The van der Waals surface area contributed by atoms with Crippen molar-refractivity contribution in [3.63, 3.8) is 0 Å². The predicted octanol–water partition coefficient (Wildman–Crippen LogP) is 2.56. The smallest absolute Gasteiger partial charge is 0.362 e. The Balaban J connectivity index is 2.94. The van der Waals surface area contributed by atoms with Crippen LogP contribution < -0.4 is 5.32 Å². The number of ether oxygens (including phenoxy) is 2. The molecule has 1 rings (SSSR count). The van der Waals surface area contributed by atoms with Crippen LogP contribution in [0.1, 0.15) is 13.8 Å². The second-order valence-electron chi connectivity index (χ2n) is 3.47. The molecular weight excluding hydrogens is 253 g/mol. The number of hydrogen-bond donors (Lipinski definition) is 2. The quantitative estimate of drug-likeness (QED) is 0.472. The van der Waals surface area contributed by atoms with E-state index >= 15 is 0 Å². The van der Waals surface area contributed by atoms with Crippen molar-refractivity contribution in [3.8, 4) is 0 Å². The summed E-state index contributed by atoms with van der Waals surface area (Å²) >= 11 is 0. The van der Waals surface area contributed by atoms with Crippen molar-refractivity contribution in [3.05, 3.63) is 41.7 Å². The van der Waals surface area contributed by atoms with Crippen LogP contribution in [-0.2, 0) is 14.3 Å². The Kier molecular flexibility index (Phi) is 5.66. The highest BCUT2D eigenvalue weighted by atomic mass is 19.1. The van der Waals surface area contributed by atoms with E-state index in [1.54, 1.807) is 13.8 Å². The Labute approximate surface area is 110 Å². The largest absolute Gasteiger partial charge is 0.479 e. The number of rotatable bonds is 6. The lowest BCUT2D eigenvalue weighted by Gasteiger charge is -2.12. The van der Waals surface area contributed by atoms with Crippen molar-refractivity contribution in [2.75, 3.05) is 18.5 Å². The number of carbonyl (C=O) groups is 1. The number of halogens is 1. The molecule has 2 N–H and O–H groups in total. The number of hydrogen-bond acceptors (Lipinski definition) is 5. The van der Waals surface area contributed by atoms with Crippen molar-refractivity contribution in [2.24, 2.45) is 0 Å². The highest BCUT2D eigenvalue weighted by Gasteiger charge is 2.18. The summed E-state index contributed by atoms with van der Waals surface area (Å²) in [5, 5.41) is 12.3. The molecule has 6 heteroatoms. The lowest BCUT2D eigenvalue weighted by Crippen LogP contribution is -2.18. The Morgan fingerprint density at radius 3 is 2.32 bits per heavy atom. The first-order valence-electron chi connectivity index (χ1n) is 5.84. The van der Waals surface area contributed by atoms with Gasteiger partial charge in [-0.25, -0.2) is 9.18 Å². The fourth-order valence-corrected chi connectivity index (χ4v) is 1.28. The van der Waals surface area contributed by atoms with E-state index in [2.05, 4.69) is 5.32 Å². The summed E-state index contributed by atoms with van der Waals surface area (Å²) in [4.78, 5) is 11.7. The summed E-state index contributed by atoms with van der Waals surface area (Å²) in [6.45, 7) is 3.66. The molecule has 0 bridgehead atoms. The number of anilines is 1. The van der Waals surface area contributed by atoms with Gasteiger partial charge in [-0.2, -0.15) is 0 Å². The molecular formula is C13H16FNO4. The minimum absolute atomic E-state index is 0.160. The first kappa shape index (κ1) is 14.8. The number of aliphatic hydroxyl groups is 1. The number of benzene rings is 1. The molecule has 0 saturated heterocycles. The topological polar surface area (TPSA) is 67.8 Å². The molecule has 1 aromatic rings. The molecule has 0 aliphatic rings. The van der Waals surface area contributed by atoms with Gasteiger partial charge in [0.1, 0.15) is 5.82 Å². The van der Waals surface area contributed by atoms with E-state index in [1.165, 1.54) is 24.3 Å². The summed E-state index contributed by atoms with van der Waals surface area (Å²) in [5.74, 6) is -1.72. The number of esters is 1. The molecule has 0 fully saturated rings. The van der Waals surface area contributed by atoms with Crippen molar-refractivity contribution >= 4 is 11.7 Å². The van der Waals surface area contributed by atoms with Crippen LogP contribution in [0, 0.1) is 5.82 Å². The van der Waals surface area contributed by atoms with Crippen molar-refractivity contribution in [1.29, 1.82) is 0 Å². The standard InChI is InChI=1S/C13H16FNO4/c1-3-18-12(16)11(13(17)19-4-2)15-10-7-5-9(14)6-8-10/h5-8,15-16H,3-4H2,1-2H3/b12-11+. The number of aliphatic hydroxyl groups excluding tert-OH is 1. The van der Waals surface area contributed by atoms with Gasteiger partial charge < -0.3 is 19.9 Å². The van der Waals surface area contributed by atoms with E-state index in [1.807, 2.05) is 0 Å². The lowest BCUT2D eigenvalue weighted by atomic mass is 10.3. The molecule has 0 aliphatic heterocycles. The van der Waals surface area contributed by atoms with Crippen LogP contribution in [0.4, 0.5) is 10.1 Å². The molecule has 19 heavy (non-hydrogen) atoms. The molecule has 0 amide bonds.